The molecule has 0 heterocycles. The van der Waals surface area contributed by atoms with Gasteiger partial charge < -0.3 is 15.9 Å². The highest BCUT2D eigenvalue weighted by Crippen LogP contribution is 2.27. The zero-order chi connectivity index (χ0) is 9.84. The molecule has 4 N–H and O–H groups in total. The standard InChI is InChI=1S/C9H12FNO2/c10-8-3-1-2-7(9(8)13)6(4-11)5-12/h1-3,6,12-13H,4-5,11H2. The molecule has 0 aliphatic carbocycles. The number of halogens is 1. The number of benzene rings is 1. The van der Waals surface area contributed by atoms with Gasteiger partial charge in [0.1, 0.15) is 0 Å². The molecular formula is C9H12FNO2. The smallest absolute Gasteiger partial charge is 0.165 e. The third-order valence-corrected chi connectivity index (χ3v) is 1.96. The summed E-state index contributed by atoms with van der Waals surface area (Å²) in [6.45, 7) is -0.0268. The van der Waals surface area contributed by atoms with Crippen molar-refractivity contribution >= 4 is 0 Å². The van der Waals surface area contributed by atoms with E-state index in [0.717, 1.165) is 6.07 Å². The molecule has 1 aromatic rings. The lowest BCUT2D eigenvalue weighted by Gasteiger charge is -2.13. The maximum atomic E-state index is 12.8. The zero-order valence-electron chi connectivity index (χ0n) is 7.07. The van der Waals surface area contributed by atoms with E-state index < -0.39 is 17.5 Å². The van der Waals surface area contributed by atoms with E-state index in [2.05, 4.69) is 0 Å². The van der Waals surface area contributed by atoms with Gasteiger partial charge in [0.25, 0.3) is 0 Å². The molecule has 13 heavy (non-hydrogen) atoms. The van der Waals surface area contributed by atoms with Crippen LogP contribution in [0.2, 0.25) is 0 Å². The molecule has 0 saturated heterocycles. The molecule has 0 amide bonds. The number of rotatable bonds is 3. The number of phenolic OH excluding ortho intramolecular Hbond substituents is 1. The van der Waals surface area contributed by atoms with Gasteiger partial charge in [-0.3, -0.25) is 0 Å². The first-order valence-corrected chi connectivity index (χ1v) is 3.99. The van der Waals surface area contributed by atoms with Crippen molar-refractivity contribution in [1.82, 2.24) is 0 Å². The third kappa shape index (κ3) is 1.96. The van der Waals surface area contributed by atoms with Gasteiger partial charge in [0.2, 0.25) is 0 Å². The lowest BCUT2D eigenvalue weighted by molar-refractivity contribution is 0.264. The number of aliphatic hydroxyl groups is 1. The van der Waals surface area contributed by atoms with Crippen LogP contribution in [-0.4, -0.2) is 23.4 Å². The Hall–Kier alpha value is -1.13. The van der Waals surface area contributed by atoms with Gasteiger partial charge in [-0.1, -0.05) is 12.1 Å². The topological polar surface area (TPSA) is 66.5 Å². The van der Waals surface area contributed by atoms with Gasteiger partial charge in [0, 0.05) is 18.0 Å². The molecule has 0 spiro atoms. The Morgan fingerprint density at radius 3 is 2.69 bits per heavy atom. The van der Waals surface area contributed by atoms with Crippen LogP contribution in [0.5, 0.6) is 5.75 Å². The summed E-state index contributed by atoms with van der Waals surface area (Å²) in [5, 5.41) is 18.2. The summed E-state index contributed by atoms with van der Waals surface area (Å²) in [6.07, 6.45) is 0. The Kier molecular flexibility index (Phi) is 3.22. The maximum absolute atomic E-state index is 12.8. The van der Waals surface area contributed by atoms with Crippen molar-refractivity contribution < 1.29 is 14.6 Å². The van der Waals surface area contributed by atoms with Crippen molar-refractivity contribution in [3.05, 3.63) is 29.6 Å². The summed E-state index contributed by atoms with van der Waals surface area (Å²) in [7, 11) is 0. The number of hydrogen-bond acceptors (Lipinski definition) is 3. The molecule has 1 atom stereocenters. The molecule has 0 saturated carbocycles. The molecule has 3 nitrogen and oxygen atoms in total. The van der Waals surface area contributed by atoms with Gasteiger partial charge in [0.15, 0.2) is 11.6 Å². The molecule has 1 aromatic carbocycles. The van der Waals surface area contributed by atoms with E-state index >= 15 is 0 Å². The highest BCUT2D eigenvalue weighted by molar-refractivity contribution is 5.36. The number of aliphatic hydroxyl groups excluding tert-OH is 1. The van der Waals surface area contributed by atoms with Crippen LogP contribution in [0.4, 0.5) is 4.39 Å². The van der Waals surface area contributed by atoms with E-state index in [1.807, 2.05) is 0 Å². The highest BCUT2D eigenvalue weighted by atomic mass is 19.1. The lowest BCUT2D eigenvalue weighted by atomic mass is 9.99. The van der Waals surface area contributed by atoms with Gasteiger partial charge in [-0.15, -0.1) is 0 Å². The average molecular weight is 185 g/mol. The Balaban J connectivity index is 3.05. The fourth-order valence-electron chi connectivity index (χ4n) is 1.16. The Morgan fingerprint density at radius 1 is 1.46 bits per heavy atom. The van der Waals surface area contributed by atoms with E-state index in [1.54, 1.807) is 6.07 Å². The van der Waals surface area contributed by atoms with Crippen LogP contribution in [0.15, 0.2) is 18.2 Å². The minimum atomic E-state index is -0.690. The van der Waals surface area contributed by atoms with Gasteiger partial charge >= 0.3 is 0 Å². The zero-order valence-corrected chi connectivity index (χ0v) is 7.07. The first-order valence-electron chi connectivity index (χ1n) is 3.99. The van der Waals surface area contributed by atoms with E-state index in [0.29, 0.717) is 5.56 Å². The molecular weight excluding hydrogens is 173 g/mol. The third-order valence-electron chi connectivity index (χ3n) is 1.96. The molecule has 1 unspecified atom stereocenters. The van der Waals surface area contributed by atoms with Crippen molar-refractivity contribution in [3.63, 3.8) is 0 Å². The fourth-order valence-corrected chi connectivity index (χ4v) is 1.16. The van der Waals surface area contributed by atoms with Gasteiger partial charge in [-0.05, 0) is 6.07 Å². The van der Waals surface area contributed by atoms with E-state index in [4.69, 9.17) is 10.8 Å². The molecule has 0 aromatic heterocycles. The van der Waals surface area contributed by atoms with Crippen molar-refractivity contribution in [2.24, 2.45) is 5.73 Å². The second kappa shape index (κ2) is 4.20. The first kappa shape index (κ1) is 9.95. The van der Waals surface area contributed by atoms with Crippen molar-refractivity contribution in [2.75, 3.05) is 13.2 Å². The number of hydrogen-bond donors (Lipinski definition) is 3. The van der Waals surface area contributed by atoms with Crippen LogP contribution in [0.3, 0.4) is 0 Å². The van der Waals surface area contributed by atoms with Gasteiger partial charge in [-0.2, -0.15) is 0 Å². The van der Waals surface area contributed by atoms with Crippen LogP contribution < -0.4 is 5.73 Å². The van der Waals surface area contributed by atoms with E-state index in [9.17, 15) is 9.50 Å². The van der Waals surface area contributed by atoms with Crippen LogP contribution in [-0.2, 0) is 0 Å². The number of aromatic hydroxyl groups is 1. The summed E-state index contributed by atoms with van der Waals surface area (Å²) >= 11 is 0. The Morgan fingerprint density at radius 2 is 2.15 bits per heavy atom. The van der Waals surface area contributed by atoms with Crippen molar-refractivity contribution in [1.29, 1.82) is 0 Å². The maximum Gasteiger partial charge on any atom is 0.165 e. The lowest BCUT2D eigenvalue weighted by Crippen LogP contribution is -2.16. The fraction of sp³-hybridized carbons (Fsp3) is 0.333. The number of phenols is 1. The molecule has 1 rings (SSSR count). The molecule has 72 valence electrons. The number of nitrogens with two attached hydrogens (primary N) is 1. The second-order valence-corrected chi connectivity index (χ2v) is 2.79. The van der Waals surface area contributed by atoms with E-state index in [1.165, 1.54) is 6.07 Å². The summed E-state index contributed by atoms with van der Waals surface area (Å²) in [4.78, 5) is 0. The van der Waals surface area contributed by atoms with Crippen LogP contribution in [0, 0.1) is 5.82 Å². The minimum Gasteiger partial charge on any atom is -0.505 e. The Labute approximate surface area is 75.6 Å². The van der Waals surface area contributed by atoms with E-state index in [-0.39, 0.29) is 13.2 Å². The summed E-state index contributed by atoms with van der Waals surface area (Å²) in [6, 6.07) is 4.18. The van der Waals surface area contributed by atoms with Crippen molar-refractivity contribution in [3.8, 4) is 5.75 Å². The summed E-state index contributed by atoms with van der Waals surface area (Å²) in [5.41, 5.74) is 5.69. The quantitative estimate of drug-likeness (QED) is 0.644. The summed E-state index contributed by atoms with van der Waals surface area (Å²) in [5.74, 6) is -1.52. The predicted octanol–water partition coefficient (Wildman–Crippen LogP) is 0.566. The van der Waals surface area contributed by atoms with Gasteiger partial charge in [0.05, 0.1) is 6.61 Å². The molecule has 0 fully saturated rings. The van der Waals surface area contributed by atoms with Gasteiger partial charge in [-0.25, -0.2) is 4.39 Å². The monoisotopic (exact) mass is 185 g/mol. The normalized spacial score (nSPS) is 12.8. The molecule has 0 aliphatic heterocycles. The average Bonchev–Trinajstić information content (AvgIpc) is 2.14. The summed E-state index contributed by atoms with van der Waals surface area (Å²) < 4.78 is 12.8. The Bertz CT molecular complexity index is 287. The van der Waals surface area contributed by atoms with Crippen LogP contribution >= 0.6 is 0 Å². The van der Waals surface area contributed by atoms with Crippen LogP contribution in [0.25, 0.3) is 0 Å². The number of para-hydroxylation sites is 1. The SMILES string of the molecule is NCC(CO)c1cccc(F)c1O. The molecule has 0 radical (unpaired) electrons. The molecule has 0 bridgehead atoms. The molecule has 4 heteroatoms. The predicted molar refractivity (Wildman–Crippen MR) is 46.9 cm³/mol. The minimum absolute atomic E-state index is 0.174. The van der Waals surface area contributed by atoms with Crippen molar-refractivity contribution in [2.45, 2.75) is 5.92 Å². The molecule has 0 aliphatic rings. The van der Waals surface area contributed by atoms with Crippen LogP contribution in [0.1, 0.15) is 11.5 Å². The second-order valence-electron chi connectivity index (χ2n) is 2.79. The highest BCUT2D eigenvalue weighted by Gasteiger charge is 2.14. The first-order chi connectivity index (χ1) is 6.20. The largest absolute Gasteiger partial charge is 0.505 e.